The van der Waals surface area contributed by atoms with E-state index in [4.69, 9.17) is 14.2 Å². The van der Waals surface area contributed by atoms with Gasteiger partial charge in [0, 0.05) is 5.56 Å². The summed E-state index contributed by atoms with van der Waals surface area (Å²) in [4.78, 5) is 34.6. The molecule has 1 rings (SSSR count). The van der Waals surface area contributed by atoms with E-state index in [0.29, 0.717) is 24.5 Å². The highest BCUT2D eigenvalue weighted by atomic mass is 16.6. The number of carbonyl (C=O) groups excluding carboxylic acids is 3. The quantitative estimate of drug-likeness (QED) is 0.516. The van der Waals surface area contributed by atoms with E-state index in [1.165, 1.54) is 0 Å². The molecule has 0 bridgehead atoms. The molecule has 0 unspecified atom stereocenters. The molecule has 1 N–H and O–H groups in total. The molecule has 0 radical (unpaired) electrons. The van der Waals surface area contributed by atoms with Crippen LogP contribution in [0.15, 0.2) is 24.3 Å². The predicted octanol–water partition coefficient (Wildman–Crippen LogP) is 1.70. The zero-order chi connectivity index (χ0) is 17.8. The van der Waals surface area contributed by atoms with Gasteiger partial charge in [-0.1, -0.05) is 13.3 Å². The molecule has 7 heteroatoms. The van der Waals surface area contributed by atoms with Crippen molar-refractivity contribution in [1.29, 1.82) is 0 Å². The largest absolute Gasteiger partial charge is 0.494 e. The van der Waals surface area contributed by atoms with E-state index in [1.54, 1.807) is 24.3 Å². The average Bonchev–Trinajstić information content (AvgIpc) is 2.59. The van der Waals surface area contributed by atoms with Gasteiger partial charge in [-0.15, -0.1) is 0 Å². The van der Waals surface area contributed by atoms with Gasteiger partial charge in [-0.3, -0.25) is 9.59 Å². The van der Waals surface area contributed by atoms with Crippen LogP contribution in [0.1, 0.15) is 37.0 Å². The number of hydrogen-bond donors (Lipinski definition) is 1. The van der Waals surface area contributed by atoms with Gasteiger partial charge in [0.2, 0.25) is 0 Å². The van der Waals surface area contributed by atoms with Crippen molar-refractivity contribution in [3.63, 3.8) is 0 Å². The van der Waals surface area contributed by atoms with Gasteiger partial charge in [0.15, 0.2) is 6.61 Å². The molecular weight excluding hydrogens is 314 g/mol. The molecule has 0 heterocycles. The summed E-state index contributed by atoms with van der Waals surface area (Å²) in [5.74, 6) is -1.06. The normalized spacial score (nSPS) is 9.92. The first-order valence-electron chi connectivity index (χ1n) is 7.89. The maximum Gasteiger partial charge on any atom is 0.344 e. The Kier molecular flexibility index (Phi) is 8.96. The van der Waals surface area contributed by atoms with Crippen molar-refractivity contribution in [2.45, 2.75) is 26.7 Å². The van der Waals surface area contributed by atoms with Crippen molar-refractivity contribution in [1.82, 2.24) is 5.32 Å². The van der Waals surface area contributed by atoms with Crippen LogP contribution in [0.4, 0.5) is 0 Å². The van der Waals surface area contributed by atoms with Crippen LogP contribution < -0.4 is 10.1 Å². The smallest absolute Gasteiger partial charge is 0.344 e. The van der Waals surface area contributed by atoms with E-state index in [2.05, 4.69) is 5.32 Å². The van der Waals surface area contributed by atoms with Crippen molar-refractivity contribution in [2.75, 3.05) is 26.4 Å². The van der Waals surface area contributed by atoms with Crippen LogP contribution in [0, 0.1) is 0 Å². The van der Waals surface area contributed by atoms with Crippen LogP contribution in [0.5, 0.6) is 5.75 Å². The predicted molar refractivity (Wildman–Crippen MR) is 86.8 cm³/mol. The van der Waals surface area contributed by atoms with E-state index < -0.39 is 24.5 Å². The monoisotopic (exact) mass is 337 g/mol. The Hall–Kier alpha value is -2.57. The summed E-state index contributed by atoms with van der Waals surface area (Å²) in [5.41, 5.74) is 0.394. The van der Waals surface area contributed by atoms with Crippen molar-refractivity contribution in [3.05, 3.63) is 29.8 Å². The van der Waals surface area contributed by atoms with E-state index in [-0.39, 0.29) is 6.54 Å². The molecule has 0 aliphatic heterocycles. The summed E-state index contributed by atoms with van der Waals surface area (Å²) in [6.45, 7) is 3.90. The second-order valence-electron chi connectivity index (χ2n) is 4.87. The zero-order valence-electron chi connectivity index (χ0n) is 14.0. The molecule has 1 aromatic carbocycles. The second-order valence-corrected chi connectivity index (χ2v) is 4.87. The summed E-state index contributed by atoms with van der Waals surface area (Å²) < 4.78 is 14.8. The minimum atomic E-state index is -0.707. The summed E-state index contributed by atoms with van der Waals surface area (Å²) in [6.07, 6.45) is 1.67. The highest BCUT2D eigenvalue weighted by Crippen LogP contribution is 2.11. The lowest BCUT2D eigenvalue weighted by Crippen LogP contribution is -2.31. The molecule has 1 amide bonds. The highest BCUT2D eigenvalue weighted by molar-refractivity contribution is 5.96. The molecular formula is C17H23NO6. The van der Waals surface area contributed by atoms with Gasteiger partial charge < -0.3 is 19.5 Å². The third-order valence-corrected chi connectivity index (χ3v) is 2.93. The van der Waals surface area contributed by atoms with E-state index in [0.717, 1.165) is 12.8 Å². The lowest BCUT2D eigenvalue weighted by atomic mass is 10.2. The van der Waals surface area contributed by atoms with E-state index >= 15 is 0 Å². The van der Waals surface area contributed by atoms with Crippen LogP contribution in [0.2, 0.25) is 0 Å². The molecule has 0 aromatic heterocycles. The van der Waals surface area contributed by atoms with Gasteiger partial charge in [0.25, 0.3) is 5.91 Å². The van der Waals surface area contributed by atoms with Gasteiger partial charge in [0.1, 0.15) is 12.3 Å². The molecule has 24 heavy (non-hydrogen) atoms. The Labute approximate surface area is 141 Å². The molecule has 0 saturated carbocycles. The van der Waals surface area contributed by atoms with Gasteiger partial charge in [0.05, 0.1) is 13.2 Å². The van der Waals surface area contributed by atoms with Crippen LogP contribution in [-0.4, -0.2) is 44.2 Å². The highest BCUT2D eigenvalue weighted by Gasteiger charge is 2.11. The summed E-state index contributed by atoms with van der Waals surface area (Å²) in [7, 11) is 0. The van der Waals surface area contributed by atoms with E-state index in [1.807, 2.05) is 13.8 Å². The number of hydrogen-bond acceptors (Lipinski definition) is 6. The number of amides is 1. The fourth-order valence-electron chi connectivity index (χ4n) is 1.69. The Morgan fingerprint density at radius 1 is 1.00 bits per heavy atom. The van der Waals surface area contributed by atoms with Crippen LogP contribution >= 0.6 is 0 Å². The first kappa shape index (κ1) is 19.5. The third-order valence-electron chi connectivity index (χ3n) is 2.93. The standard InChI is InChI=1S/C17H23NO6/c1-3-5-10-23-16(20)12-24-15(19)11-18-17(21)13-6-8-14(9-7-13)22-4-2/h6-9H,3-5,10-12H2,1-2H3,(H,18,21). The summed E-state index contributed by atoms with van der Waals surface area (Å²) in [6, 6.07) is 6.53. The minimum Gasteiger partial charge on any atom is -0.494 e. The third kappa shape index (κ3) is 7.62. The number of rotatable bonds is 10. The molecule has 0 saturated heterocycles. The Bertz CT molecular complexity index is 541. The molecule has 1 aromatic rings. The van der Waals surface area contributed by atoms with Crippen molar-refractivity contribution in [3.8, 4) is 5.75 Å². The second kappa shape index (κ2) is 11.0. The van der Waals surface area contributed by atoms with Crippen molar-refractivity contribution < 1.29 is 28.6 Å². The van der Waals surface area contributed by atoms with Gasteiger partial charge in [-0.25, -0.2) is 4.79 Å². The number of benzene rings is 1. The Morgan fingerprint density at radius 2 is 1.71 bits per heavy atom. The van der Waals surface area contributed by atoms with Crippen LogP contribution in [0.25, 0.3) is 0 Å². The van der Waals surface area contributed by atoms with Crippen LogP contribution in [0.3, 0.4) is 0 Å². The minimum absolute atomic E-state index is 0.307. The van der Waals surface area contributed by atoms with E-state index in [9.17, 15) is 14.4 Å². The SMILES string of the molecule is CCCCOC(=O)COC(=O)CNC(=O)c1ccc(OCC)cc1. The molecule has 7 nitrogen and oxygen atoms in total. The molecule has 132 valence electrons. The number of carbonyl (C=O) groups is 3. The summed E-state index contributed by atoms with van der Waals surface area (Å²) in [5, 5.41) is 2.42. The molecule has 0 aliphatic rings. The fourth-order valence-corrected chi connectivity index (χ4v) is 1.69. The van der Waals surface area contributed by atoms with Crippen LogP contribution in [-0.2, 0) is 19.1 Å². The fraction of sp³-hybridized carbons (Fsp3) is 0.471. The molecule has 0 spiro atoms. The topological polar surface area (TPSA) is 90.9 Å². The average molecular weight is 337 g/mol. The van der Waals surface area contributed by atoms with Gasteiger partial charge >= 0.3 is 11.9 Å². The lowest BCUT2D eigenvalue weighted by Gasteiger charge is -2.07. The zero-order valence-corrected chi connectivity index (χ0v) is 14.0. The maximum atomic E-state index is 11.9. The van der Waals surface area contributed by atoms with Crippen molar-refractivity contribution >= 4 is 17.8 Å². The molecule has 0 fully saturated rings. The maximum absolute atomic E-state index is 11.9. The molecule has 0 aliphatic carbocycles. The Balaban J connectivity index is 2.28. The first-order valence-corrected chi connectivity index (χ1v) is 7.89. The van der Waals surface area contributed by atoms with Gasteiger partial charge in [-0.2, -0.15) is 0 Å². The van der Waals surface area contributed by atoms with Gasteiger partial charge in [-0.05, 0) is 37.6 Å². The Morgan fingerprint density at radius 3 is 2.33 bits per heavy atom. The first-order chi connectivity index (χ1) is 11.6. The summed E-state index contributed by atoms with van der Waals surface area (Å²) >= 11 is 0. The van der Waals surface area contributed by atoms with Crippen molar-refractivity contribution in [2.24, 2.45) is 0 Å². The number of esters is 2. The number of ether oxygens (including phenoxy) is 3. The number of unbranched alkanes of at least 4 members (excludes halogenated alkanes) is 1. The number of nitrogens with one attached hydrogen (secondary N) is 1. The molecule has 0 atom stereocenters. The lowest BCUT2D eigenvalue weighted by molar-refractivity contribution is -0.158.